The first kappa shape index (κ1) is 18.0. The number of carbonyl (C=O) groups is 2. The van der Waals surface area contributed by atoms with E-state index in [2.05, 4.69) is 5.32 Å². The predicted molar refractivity (Wildman–Crippen MR) is 88.2 cm³/mol. The van der Waals surface area contributed by atoms with Crippen LogP contribution in [0.4, 0.5) is 5.69 Å². The molecule has 5 nitrogen and oxygen atoms in total. The Labute approximate surface area is 132 Å². The van der Waals surface area contributed by atoms with E-state index in [0.29, 0.717) is 25.3 Å². The molecule has 2 amide bonds. The van der Waals surface area contributed by atoms with E-state index >= 15 is 0 Å². The molecular formula is C17H26N2O3. The summed E-state index contributed by atoms with van der Waals surface area (Å²) in [4.78, 5) is 25.1. The van der Waals surface area contributed by atoms with Gasteiger partial charge >= 0.3 is 0 Å². The number of anilines is 1. The molecule has 0 spiro atoms. The number of nitrogens with zero attached hydrogens (tertiary/aromatic N) is 1. The summed E-state index contributed by atoms with van der Waals surface area (Å²) >= 11 is 0. The third-order valence-electron chi connectivity index (χ3n) is 3.03. The van der Waals surface area contributed by atoms with E-state index in [9.17, 15) is 9.59 Å². The highest BCUT2D eigenvalue weighted by Crippen LogP contribution is 2.28. The van der Waals surface area contributed by atoms with Crippen molar-refractivity contribution in [3.63, 3.8) is 0 Å². The average Bonchev–Trinajstić information content (AvgIpc) is 2.44. The van der Waals surface area contributed by atoms with Crippen LogP contribution in [0.2, 0.25) is 0 Å². The number of hydrogen-bond donors (Lipinski definition) is 1. The van der Waals surface area contributed by atoms with Crippen molar-refractivity contribution in [2.45, 2.75) is 46.6 Å². The SMILES string of the molecule is CCCC(=O)NCCN(C(C)=O)c1ccccc1OC(C)C. The summed E-state index contributed by atoms with van der Waals surface area (Å²) in [6.45, 7) is 8.21. The Morgan fingerprint density at radius 2 is 1.95 bits per heavy atom. The van der Waals surface area contributed by atoms with Crippen LogP contribution in [0.25, 0.3) is 0 Å². The highest BCUT2D eigenvalue weighted by atomic mass is 16.5. The molecule has 22 heavy (non-hydrogen) atoms. The van der Waals surface area contributed by atoms with Gasteiger partial charge in [-0.3, -0.25) is 9.59 Å². The van der Waals surface area contributed by atoms with E-state index in [1.165, 1.54) is 6.92 Å². The molecule has 1 rings (SSSR count). The zero-order valence-corrected chi connectivity index (χ0v) is 13.9. The number of carbonyl (C=O) groups excluding carboxylic acids is 2. The number of rotatable bonds is 8. The highest BCUT2D eigenvalue weighted by Gasteiger charge is 2.16. The van der Waals surface area contributed by atoms with Crippen molar-refractivity contribution in [1.82, 2.24) is 5.32 Å². The Hall–Kier alpha value is -2.04. The number of nitrogens with one attached hydrogen (secondary N) is 1. The summed E-state index contributed by atoms with van der Waals surface area (Å²) in [6.07, 6.45) is 1.35. The van der Waals surface area contributed by atoms with E-state index in [-0.39, 0.29) is 17.9 Å². The smallest absolute Gasteiger partial charge is 0.224 e. The monoisotopic (exact) mass is 306 g/mol. The fourth-order valence-corrected chi connectivity index (χ4v) is 2.10. The Balaban J connectivity index is 2.79. The van der Waals surface area contributed by atoms with Crippen molar-refractivity contribution in [3.05, 3.63) is 24.3 Å². The van der Waals surface area contributed by atoms with E-state index in [1.54, 1.807) is 4.90 Å². The summed E-state index contributed by atoms with van der Waals surface area (Å²) in [7, 11) is 0. The number of benzene rings is 1. The molecule has 1 aromatic carbocycles. The number of para-hydroxylation sites is 2. The van der Waals surface area contributed by atoms with Crippen molar-refractivity contribution >= 4 is 17.5 Å². The lowest BCUT2D eigenvalue weighted by molar-refractivity contribution is -0.121. The first-order valence-corrected chi connectivity index (χ1v) is 7.76. The molecule has 1 N–H and O–H groups in total. The quantitative estimate of drug-likeness (QED) is 0.803. The Bertz CT molecular complexity index is 500. The Morgan fingerprint density at radius 3 is 2.55 bits per heavy atom. The van der Waals surface area contributed by atoms with Crippen molar-refractivity contribution in [1.29, 1.82) is 0 Å². The molecule has 0 heterocycles. The molecule has 0 fully saturated rings. The average molecular weight is 306 g/mol. The number of ether oxygens (including phenoxy) is 1. The van der Waals surface area contributed by atoms with Crippen molar-refractivity contribution < 1.29 is 14.3 Å². The van der Waals surface area contributed by atoms with Crippen LogP contribution in [0, 0.1) is 0 Å². The topological polar surface area (TPSA) is 58.6 Å². The molecule has 122 valence electrons. The van der Waals surface area contributed by atoms with Gasteiger partial charge in [0.25, 0.3) is 0 Å². The van der Waals surface area contributed by atoms with Gasteiger partial charge < -0.3 is 15.0 Å². The van der Waals surface area contributed by atoms with E-state index in [4.69, 9.17) is 4.74 Å². The molecule has 0 saturated heterocycles. The third kappa shape index (κ3) is 5.76. The first-order valence-electron chi connectivity index (χ1n) is 7.76. The van der Waals surface area contributed by atoms with Crippen LogP contribution in [0.1, 0.15) is 40.5 Å². The van der Waals surface area contributed by atoms with Crippen LogP contribution in [0.3, 0.4) is 0 Å². The molecule has 1 aromatic rings. The van der Waals surface area contributed by atoms with E-state index < -0.39 is 0 Å². The zero-order valence-electron chi connectivity index (χ0n) is 13.9. The maximum absolute atomic E-state index is 11.9. The summed E-state index contributed by atoms with van der Waals surface area (Å²) in [5, 5.41) is 2.83. The molecule has 0 aliphatic heterocycles. The lowest BCUT2D eigenvalue weighted by Crippen LogP contribution is -2.37. The highest BCUT2D eigenvalue weighted by molar-refractivity contribution is 5.93. The largest absolute Gasteiger partial charge is 0.489 e. The summed E-state index contributed by atoms with van der Waals surface area (Å²) in [6, 6.07) is 7.45. The van der Waals surface area contributed by atoms with Gasteiger partial charge in [-0.15, -0.1) is 0 Å². The molecule has 0 saturated carbocycles. The Morgan fingerprint density at radius 1 is 1.27 bits per heavy atom. The summed E-state index contributed by atoms with van der Waals surface area (Å²) in [5.41, 5.74) is 0.730. The van der Waals surface area contributed by atoms with Crippen LogP contribution < -0.4 is 15.0 Å². The lowest BCUT2D eigenvalue weighted by Gasteiger charge is -2.24. The molecule has 5 heteroatoms. The standard InChI is InChI=1S/C17H26N2O3/c1-5-8-17(21)18-11-12-19(14(4)20)15-9-6-7-10-16(15)22-13(2)3/h6-7,9-10,13H,5,8,11-12H2,1-4H3,(H,18,21). The van der Waals surface area contributed by atoms with Gasteiger partial charge in [-0.2, -0.15) is 0 Å². The van der Waals surface area contributed by atoms with Crippen LogP contribution in [-0.2, 0) is 9.59 Å². The minimum Gasteiger partial charge on any atom is -0.489 e. The number of amides is 2. The summed E-state index contributed by atoms with van der Waals surface area (Å²) in [5.74, 6) is 0.606. The van der Waals surface area contributed by atoms with Crippen molar-refractivity contribution in [2.24, 2.45) is 0 Å². The van der Waals surface area contributed by atoms with Gasteiger partial charge in [0.1, 0.15) is 5.75 Å². The third-order valence-corrected chi connectivity index (χ3v) is 3.03. The zero-order chi connectivity index (χ0) is 16.5. The second kappa shape index (κ2) is 9.07. The minimum atomic E-state index is -0.0791. The minimum absolute atomic E-state index is 0.0118. The maximum atomic E-state index is 11.9. The molecule has 0 atom stereocenters. The molecular weight excluding hydrogens is 280 g/mol. The molecule has 0 unspecified atom stereocenters. The lowest BCUT2D eigenvalue weighted by atomic mass is 10.2. The molecule has 0 aliphatic carbocycles. The second-order valence-corrected chi connectivity index (χ2v) is 5.40. The van der Waals surface area contributed by atoms with Gasteiger partial charge in [-0.25, -0.2) is 0 Å². The van der Waals surface area contributed by atoms with E-state index in [0.717, 1.165) is 12.1 Å². The van der Waals surface area contributed by atoms with Gasteiger partial charge in [-0.05, 0) is 32.4 Å². The molecule has 0 radical (unpaired) electrons. The van der Waals surface area contributed by atoms with Crippen LogP contribution in [0.15, 0.2) is 24.3 Å². The fourth-order valence-electron chi connectivity index (χ4n) is 2.10. The van der Waals surface area contributed by atoms with E-state index in [1.807, 2.05) is 45.0 Å². The molecule has 0 aromatic heterocycles. The molecule has 0 bridgehead atoms. The van der Waals surface area contributed by atoms with Crippen molar-refractivity contribution in [3.8, 4) is 5.75 Å². The second-order valence-electron chi connectivity index (χ2n) is 5.40. The van der Waals surface area contributed by atoms with Gasteiger partial charge in [0.15, 0.2) is 0 Å². The van der Waals surface area contributed by atoms with Gasteiger partial charge in [-0.1, -0.05) is 19.1 Å². The van der Waals surface area contributed by atoms with Crippen LogP contribution >= 0.6 is 0 Å². The Kier molecular flexibility index (Phi) is 7.43. The number of hydrogen-bond acceptors (Lipinski definition) is 3. The van der Waals surface area contributed by atoms with Crippen LogP contribution in [0.5, 0.6) is 5.75 Å². The maximum Gasteiger partial charge on any atom is 0.224 e. The van der Waals surface area contributed by atoms with Gasteiger partial charge in [0.05, 0.1) is 11.8 Å². The van der Waals surface area contributed by atoms with Gasteiger partial charge in [0, 0.05) is 26.4 Å². The van der Waals surface area contributed by atoms with Gasteiger partial charge in [0.2, 0.25) is 11.8 Å². The van der Waals surface area contributed by atoms with Crippen LogP contribution in [-0.4, -0.2) is 31.0 Å². The fraction of sp³-hybridized carbons (Fsp3) is 0.529. The normalized spacial score (nSPS) is 10.4. The first-order chi connectivity index (χ1) is 10.5. The summed E-state index contributed by atoms with van der Waals surface area (Å²) < 4.78 is 5.76. The predicted octanol–water partition coefficient (Wildman–Crippen LogP) is 2.74. The molecule has 0 aliphatic rings. The van der Waals surface area contributed by atoms with Crippen molar-refractivity contribution in [2.75, 3.05) is 18.0 Å².